The first kappa shape index (κ1) is 19.2. The fourth-order valence-corrected chi connectivity index (χ4v) is 1.89. The number of unbranched alkanes of at least 4 members (excludes halogenated alkanes) is 1. The van der Waals surface area contributed by atoms with E-state index in [1.165, 1.54) is 30.4 Å². The van der Waals surface area contributed by atoms with Gasteiger partial charge in [0.2, 0.25) is 0 Å². The van der Waals surface area contributed by atoms with Crippen molar-refractivity contribution >= 4 is 6.08 Å². The van der Waals surface area contributed by atoms with E-state index in [1.807, 2.05) is 0 Å². The first-order valence-corrected chi connectivity index (χ1v) is 5.10. The van der Waals surface area contributed by atoms with Crippen LogP contribution >= 0.6 is 0 Å². The average molecular weight is 422 g/mol. The zero-order valence-electron chi connectivity index (χ0n) is 9.34. The summed E-state index contributed by atoms with van der Waals surface area (Å²) in [5.74, 6) is 0.566. The Hall–Kier alpha value is 0.803. The Morgan fingerprint density at radius 1 is 1.19 bits per heavy atom. The third kappa shape index (κ3) is 4.58. The summed E-state index contributed by atoms with van der Waals surface area (Å²) in [6.07, 6.45) is 9.40. The molecule has 1 aliphatic rings. The molecule has 0 N–H and O–H groups in total. The van der Waals surface area contributed by atoms with Crippen molar-refractivity contribution in [2.45, 2.75) is 32.1 Å². The van der Waals surface area contributed by atoms with Gasteiger partial charge in [0, 0.05) is 0 Å². The van der Waals surface area contributed by atoms with Gasteiger partial charge in [-0.15, -0.1) is 11.6 Å². The van der Waals surface area contributed by atoms with Gasteiger partial charge in [-0.3, -0.25) is 6.08 Å². The Kier molecular flexibility index (Phi) is 11.7. The van der Waals surface area contributed by atoms with Crippen LogP contribution < -0.4 is 34.0 Å². The quantitative estimate of drug-likeness (QED) is 0.486. The topological polar surface area (TPSA) is 0 Å². The van der Waals surface area contributed by atoms with Gasteiger partial charge in [-0.25, -0.2) is 6.08 Å². The van der Waals surface area contributed by atoms with Gasteiger partial charge in [-0.2, -0.15) is 5.56 Å². The molecule has 0 nitrogen and oxygen atoms in total. The molecule has 0 spiro atoms. The van der Waals surface area contributed by atoms with Gasteiger partial charge in [-0.05, 0) is 0 Å². The number of benzene rings is 1. The molecule has 0 bridgehead atoms. The molecule has 1 unspecified atom stereocenters. The zero-order chi connectivity index (χ0) is 9.10. The summed E-state index contributed by atoms with van der Waals surface area (Å²) >= 11 is 0. The largest absolute Gasteiger partial charge is 3.00 e. The Morgan fingerprint density at radius 3 is 2.56 bits per heavy atom. The van der Waals surface area contributed by atoms with Crippen LogP contribution in [0, 0.1) is 6.08 Å². The summed E-state index contributed by atoms with van der Waals surface area (Å²) in [6, 6.07) is 8.62. The first-order chi connectivity index (χ1) is 6.42. The molecule has 0 saturated heterocycles. The molecule has 1 atom stereocenters. The second-order valence-corrected chi connectivity index (χ2v) is 3.63. The molecule has 1 aliphatic carbocycles. The molecule has 0 saturated carbocycles. The van der Waals surface area contributed by atoms with Crippen LogP contribution in [0.2, 0.25) is 0 Å². The summed E-state index contributed by atoms with van der Waals surface area (Å²) in [6.45, 7) is 2.24. The Morgan fingerprint density at radius 2 is 1.88 bits per heavy atom. The summed E-state index contributed by atoms with van der Waals surface area (Å²) in [7, 11) is 0. The number of allylic oxidation sites excluding steroid dienone is 1. The van der Waals surface area contributed by atoms with Crippen LogP contribution in [0.5, 0.6) is 0 Å². The van der Waals surface area contributed by atoms with Crippen molar-refractivity contribution in [3.8, 4) is 0 Å². The molecule has 2 rings (SSSR count). The van der Waals surface area contributed by atoms with Gasteiger partial charge in [0.15, 0.2) is 0 Å². The van der Waals surface area contributed by atoms with E-state index in [0.29, 0.717) is 5.92 Å². The van der Waals surface area contributed by atoms with Crippen LogP contribution in [0.3, 0.4) is 0 Å². The summed E-state index contributed by atoms with van der Waals surface area (Å²) in [5.41, 5.74) is 2.83. The van der Waals surface area contributed by atoms with Crippen LogP contribution in [-0.4, -0.2) is 0 Å². The second-order valence-electron chi connectivity index (χ2n) is 3.63. The zero-order valence-corrected chi connectivity index (χ0v) is 15.0. The van der Waals surface area contributed by atoms with Crippen LogP contribution in [0.25, 0.3) is 6.08 Å². The van der Waals surface area contributed by atoms with Gasteiger partial charge in [0.1, 0.15) is 0 Å². The summed E-state index contributed by atoms with van der Waals surface area (Å²) in [4.78, 5) is 0. The maximum absolute atomic E-state index is 3.43. The molecule has 0 aliphatic heterocycles. The fraction of sp³-hybridized carbons (Fsp3) is 0.385. The minimum absolute atomic E-state index is 0. The molecule has 16 heavy (non-hydrogen) atoms. The van der Waals surface area contributed by atoms with E-state index in [-0.39, 0.29) is 60.2 Å². The van der Waals surface area contributed by atoms with Crippen molar-refractivity contribution < 1.29 is 60.2 Å². The molecular formula is C13H15Br2Zr. The number of hydrogen-bond donors (Lipinski definition) is 0. The predicted octanol–water partition coefficient (Wildman–Crippen LogP) is -2.20. The Labute approximate surface area is 139 Å². The van der Waals surface area contributed by atoms with Crippen molar-refractivity contribution in [1.82, 2.24) is 0 Å². The van der Waals surface area contributed by atoms with Crippen molar-refractivity contribution in [3.63, 3.8) is 0 Å². The van der Waals surface area contributed by atoms with Crippen LogP contribution in [-0.2, 0) is 26.2 Å². The van der Waals surface area contributed by atoms with Crippen LogP contribution in [0.1, 0.15) is 43.2 Å². The van der Waals surface area contributed by atoms with E-state index in [4.69, 9.17) is 0 Å². The van der Waals surface area contributed by atoms with Crippen molar-refractivity contribution in [2.24, 2.45) is 0 Å². The Balaban J connectivity index is 0. The second kappa shape index (κ2) is 9.79. The predicted molar refractivity (Wildman–Crippen MR) is 56.4 cm³/mol. The third-order valence-electron chi connectivity index (χ3n) is 2.66. The maximum Gasteiger partial charge on any atom is 3.00 e. The fourth-order valence-electron chi connectivity index (χ4n) is 1.89. The maximum atomic E-state index is 3.43. The van der Waals surface area contributed by atoms with E-state index in [1.54, 1.807) is 0 Å². The minimum atomic E-state index is 0. The van der Waals surface area contributed by atoms with Crippen molar-refractivity contribution in [3.05, 3.63) is 41.5 Å². The SMILES string of the molecule is CCCCC1[C-]=Cc2ccccc21.[Br-].[Br-].[Zr+3]. The third-order valence-corrected chi connectivity index (χ3v) is 2.66. The number of fused-ring (bicyclic) bond motifs is 1. The standard InChI is InChI=1S/C13H15.2BrH.Zr/c1-2-3-6-11-9-10-12-7-4-5-8-13(11)12;;;/h4-5,7-8,10-11H,2-3,6H2,1H3;2*1H;/q-1;;;+3/p-2. The molecule has 1 radical (unpaired) electrons. The van der Waals surface area contributed by atoms with Gasteiger partial charge >= 0.3 is 26.2 Å². The van der Waals surface area contributed by atoms with Gasteiger partial charge in [0.05, 0.1) is 0 Å². The van der Waals surface area contributed by atoms with Crippen LogP contribution in [0.4, 0.5) is 0 Å². The van der Waals surface area contributed by atoms with Crippen LogP contribution in [0.15, 0.2) is 24.3 Å². The van der Waals surface area contributed by atoms with Gasteiger partial charge < -0.3 is 34.0 Å². The van der Waals surface area contributed by atoms with E-state index in [9.17, 15) is 0 Å². The Bertz CT molecular complexity index is 323. The molecule has 0 amide bonds. The van der Waals surface area contributed by atoms with E-state index in [0.717, 1.165) is 0 Å². The van der Waals surface area contributed by atoms with E-state index < -0.39 is 0 Å². The molecule has 3 heteroatoms. The van der Waals surface area contributed by atoms with E-state index in [2.05, 4.69) is 43.3 Å². The molecule has 85 valence electrons. The molecule has 0 aromatic heterocycles. The van der Waals surface area contributed by atoms with E-state index >= 15 is 0 Å². The molecular weight excluding hydrogens is 407 g/mol. The minimum Gasteiger partial charge on any atom is -1.00 e. The molecule has 1 aromatic rings. The first-order valence-electron chi connectivity index (χ1n) is 5.10. The monoisotopic (exact) mass is 419 g/mol. The van der Waals surface area contributed by atoms with Crippen molar-refractivity contribution in [2.75, 3.05) is 0 Å². The molecule has 1 aromatic carbocycles. The summed E-state index contributed by atoms with van der Waals surface area (Å²) in [5, 5.41) is 0. The average Bonchev–Trinajstić information content (AvgIpc) is 2.58. The number of hydrogen-bond acceptors (Lipinski definition) is 0. The van der Waals surface area contributed by atoms with Gasteiger partial charge in [-0.1, -0.05) is 50.3 Å². The summed E-state index contributed by atoms with van der Waals surface area (Å²) < 4.78 is 0. The molecule has 0 fully saturated rings. The number of halogens is 2. The number of rotatable bonds is 3. The normalized spacial score (nSPS) is 15.4. The van der Waals surface area contributed by atoms with Crippen molar-refractivity contribution in [1.29, 1.82) is 0 Å². The van der Waals surface area contributed by atoms with Gasteiger partial charge in [0.25, 0.3) is 0 Å². The smallest absolute Gasteiger partial charge is 1.00 e. The molecule has 0 heterocycles.